The maximum Gasteiger partial charge on any atom is 0.0668 e. The van der Waals surface area contributed by atoms with E-state index < -0.39 is 0 Å². The molecule has 0 radical (unpaired) electrons. The van der Waals surface area contributed by atoms with Gasteiger partial charge in [0.25, 0.3) is 0 Å². The average molecular weight is 251 g/mol. The van der Waals surface area contributed by atoms with E-state index in [9.17, 15) is 0 Å². The van der Waals surface area contributed by atoms with Crippen LogP contribution in [0.15, 0.2) is 12.3 Å². The minimum atomic E-state index is 0.435. The molecule has 0 saturated carbocycles. The van der Waals surface area contributed by atoms with Crippen molar-refractivity contribution in [2.24, 2.45) is 0 Å². The summed E-state index contributed by atoms with van der Waals surface area (Å²) in [5.41, 5.74) is 3.58. The van der Waals surface area contributed by atoms with Gasteiger partial charge in [-0.05, 0) is 23.1 Å². The molecule has 2 heterocycles. The lowest BCUT2D eigenvalue weighted by atomic mass is 9.86. The van der Waals surface area contributed by atoms with Crippen LogP contribution >= 0.6 is 11.6 Å². The minimum Gasteiger partial charge on any atom is -0.380 e. The molecule has 4 heteroatoms. The Hall–Kier alpha value is -1.06. The second-order valence-corrected chi connectivity index (χ2v) is 5.31. The Morgan fingerprint density at radius 1 is 1.47 bits per heavy atom. The molecule has 0 aliphatic carbocycles. The number of hydrogen-bond acceptors (Lipinski definition) is 2. The Bertz CT molecular complexity index is 558. The zero-order valence-corrected chi connectivity index (χ0v) is 10.7. The second-order valence-electron chi connectivity index (χ2n) is 4.91. The molecule has 1 fully saturated rings. The van der Waals surface area contributed by atoms with Crippen molar-refractivity contribution in [3.8, 4) is 0 Å². The molecule has 0 amide bonds. The van der Waals surface area contributed by atoms with Gasteiger partial charge in [-0.25, -0.2) is 0 Å². The van der Waals surface area contributed by atoms with E-state index in [1.54, 1.807) is 0 Å². The first kappa shape index (κ1) is 11.1. The summed E-state index contributed by atoms with van der Waals surface area (Å²) >= 11 is 6.41. The summed E-state index contributed by atoms with van der Waals surface area (Å²) in [5, 5.41) is 9.13. The fraction of sp³-hybridized carbons (Fsp3) is 0.462. The van der Waals surface area contributed by atoms with Gasteiger partial charge in [0.2, 0.25) is 0 Å². The molecule has 0 atom stereocenters. The standard InChI is InChI=1S/C13H15ClN2O/c1-7(2)12-9-4-15-16-11(9)3-10(14)13(12)8-5-17-6-8/h3-4,7-8H,5-6H2,1-2H3,(H,15,16). The number of H-pyrrole nitrogens is 1. The van der Waals surface area contributed by atoms with Gasteiger partial charge >= 0.3 is 0 Å². The van der Waals surface area contributed by atoms with Crippen LogP contribution < -0.4 is 0 Å². The summed E-state index contributed by atoms with van der Waals surface area (Å²) in [7, 11) is 0. The van der Waals surface area contributed by atoms with Gasteiger partial charge in [-0.15, -0.1) is 0 Å². The van der Waals surface area contributed by atoms with Crippen molar-refractivity contribution >= 4 is 22.5 Å². The van der Waals surface area contributed by atoms with Crippen molar-refractivity contribution in [2.75, 3.05) is 13.2 Å². The summed E-state index contributed by atoms with van der Waals surface area (Å²) < 4.78 is 5.29. The Labute approximate surface area is 105 Å². The van der Waals surface area contributed by atoms with Gasteiger partial charge in [-0.3, -0.25) is 5.10 Å². The number of benzene rings is 1. The van der Waals surface area contributed by atoms with E-state index >= 15 is 0 Å². The highest BCUT2D eigenvalue weighted by molar-refractivity contribution is 6.32. The predicted molar refractivity (Wildman–Crippen MR) is 68.8 cm³/mol. The summed E-state index contributed by atoms with van der Waals surface area (Å²) in [4.78, 5) is 0. The number of aromatic nitrogens is 2. The van der Waals surface area contributed by atoms with Crippen LogP contribution in [0.25, 0.3) is 10.9 Å². The lowest BCUT2D eigenvalue weighted by molar-refractivity contribution is 0.00810. The van der Waals surface area contributed by atoms with Gasteiger partial charge in [0.1, 0.15) is 0 Å². The second kappa shape index (κ2) is 4.00. The molecule has 1 saturated heterocycles. The van der Waals surface area contributed by atoms with Crippen LogP contribution in [0, 0.1) is 0 Å². The number of aromatic amines is 1. The molecule has 0 bridgehead atoms. The smallest absolute Gasteiger partial charge is 0.0668 e. The highest BCUT2D eigenvalue weighted by Gasteiger charge is 2.28. The number of hydrogen-bond donors (Lipinski definition) is 1. The Morgan fingerprint density at radius 3 is 2.82 bits per heavy atom. The maximum absolute atomic E-state index is 6.41. The summed E-state index contributed by atoms with van der Waals surface area (Å²) in [6.45, 7) is 5.95. The van der Waals surface area contributed by atoms with Gasteiger partial charge in [-0.2, -0.15) is 5.10 Å². The van der Waals surface area contributed by atoms with Crippen LogP contribution in [0.1, 0.15) is 36.8 Å². The van der Waals surface area contributed by atoms with Crippen molar-refractivity contribution in [1.82, 2.24) is 10.2 Å². The van der Waals surface area contributed by atoms with E-state index in [0.717, 1.165) is 23.8 Å². The monoisotopic (exact) mass is 250 g/mol. The first-order valence-corrected chi connectivity index (χ1v) is 6.29. The first-order chi connectivity index (χ1) is 8.18. The predicted octanol–water partition coefficient (Wildman–Crippen LogP) is 3.45. The number of ether oxygens (including phenoxy) is 1. The molecule has 90 valence electrons. The molecule has 1 aromatic heterocycles. The van der Waals surface area contributed by atoms with Crippen LogP contribution in [0.2, 0.25) is 5.02 Å². The molecule has 17 heavy (non-hydrogen) atoms. The largest absolute Gasteiger partial charge is 0.380 e. The number of nitrogens with one attached hydrogen (secondary N) is 1. The van der Waals surface area contributed by atoms with Gasteiger partial charge in [0, 0.05) is 16.3 Å². The number of nitrogens with zero attached hydrogens (tertiary/aromatic N) is 1. The van der Waals surface area contributed by atoms with Crippen LogP contribution in [0.4, 0.5) is 0 Å². The first-order valence-electron chi connectivity index (χ1n) is 5.91. The van der Waals surface area contributed by atoms with Crippen LogP contribution in [0.3, 0.4) is 0 Å². The zero-order valence-electron chi connectivity index (χ0n) is 9.96. The number of rotatable bonds is 2. The zero-order chi connectivity index (χ0) is 12.0. The Balaban J connectivity index is 2.29. The Morgan fingerprint density at radius 2 is 2.24 bits per heavy atom. The van der Waals surface area contributed by atoms with Gasteiger partial charge in [0.05, 0.1) is 24.9 Å². The van der Waals surface area contributed by atoms with E-state index in [0.29, 0.717) is 11.8 Å². The molecular formula is C13H15ClN2O. The molecule has 1 aliphatic heterocycles. The fourth-order valence-electron chi connectivity index (χ4n) is 2.54. The minimum absolute atomic E-state index is 0.435. The molecule has 1 aromatic carbocycles. The molecule has 3 nitrogen and oxygen atoms in total. The number of fused-ring (bicyclic) bond motifs is 1. The third-order valence-corrected chi connectivity index (χ3v) is 3.71. The molecule has 2 aromatic rings. The molecule has 3 rings (SSSR count). The summed E-state index contributed by atoms with van der Waals surface area (Å²) in [5.74, 6) is 0.878. The third kappa shape index (κ3) is 1.65. The highest BCUT2D eigenvalue weighted by atomic mass is 35.5. The van der Waals surface area contributed by atoms with E-state index in [-0.39, 0.29) is 0 Å². The third-order valence-electron chi connectivity index (χ3n) is 3.40. The molecule has 1 aliphatic rings. The normalized spacial score (nSPS) is 16.7. The van der Waals surface area contributed by atoms with Crippen molar-refractivity contribution in [2.45, 2.75) is 25.7 Å². The van der Waals surface area contributed by atoms with Crippen LogP contribution in [-0.2, 0) is 4.74 Å². The van der Waals surface area contributed by atoms with E-state index in [1.807, 2.05) is 12.3 Å². The SMILES string of the molecule is CC(C)c1c(C2COC2)c(Cl)cc2[nH]ncc12. The Kier molecular flexibility index (Phi) is 2.60. The van der Waals surface area contributed by atoms with Crippen molar-refractivity contribution in [1.29, 1.82) is 0 Å². The molecule has 0 unspecified atom stereocenters. The molecule has 0 spiro atoms. The van der Waals surface area contributed by atoms with Crippen molar-refractivity contribution in [3.63, 3.8) is 0 Å². The quantitative estimate of drug-likeness (QED) is 0.887. The van der Waals surface area contributed by atoms with Crippen molar-refractivity contribution < 1.29 is 4.74 Å². The van der Waals surface area contributed by atoms with Gasteiger partial charge in [0.15, 0.2) is 0 Å². The van der Waals surface area contributed by atoms with Gasteiger partial charge in [-0.1, -0.05) is 25.4 Å². The lowest BCUT2D eigenvalue weighted by Gasteiger charge is -2.30. The van der Waals surface area contributed by atoms with E-state index in [1.165, 1.54) is 16.5 Å². The average Bonchev–Trinajstić information content (AvgIpc) is 2.62. The van der Waals surface area contributed by atoms with E-state index in [2.05, 4.69) is 24.0 Å². The molecular weight excluding hydrogens is 236 g/mol. The summed E-state index contributed by atoms with van der Waals surface area (Å²) in [6.07, 6.45) is 1.89. The number of halogens is 1. The highest BCUT2D eigenvalue weighted by Crippen LogP contribution is 2.40. The fourth-order valence-corrected chi connectivity index (χ4v) is 2.90. The van der Waals surface area contributed by atoms with E-state index in [4.69, 9.17) is 16.3 Å². The van der Waals surface area contributed by atoms with Crippen LogP contribution in [0.5, 0.6) is 0 Å². The van der Waals surface area contributed by atoms with Gasteiger partial charge < -0.3 is 4.74 Å². The lowest BCUT2D eigenvalue weighted by Crippen LogP contribution is -2.26. The maximum atomic E-state index is 6.41. The topological polar surface area (TPSA) is 37.9 Å². The summed E-state index contributed by atoms with van der Waals surface area (Å²) in [6, 6.07) is 1.98. The van der Waals surface area contributed by atoms with Crippen LogP contribution in [-0.4, -0.2) is 23.4 Å². The van der Waals surface area contributed by atoms with Crippen molar-refractivity contribution in [3.05, 3.63) is 28.4 Å². The molecule has 1 N–H and O–H groups in total.